The zero-order valence-electron chi connectivity index (χ0n) is 6.91. The summed E-state index contributed by atoms with van der Waals surface area (Å²) in [4.78, 5) is 0.356. The number of fused-ring (bicyclic) bond motifs is 1. The van der Waals surface area contributed by atoms with E-state index in [0.29, 0.717) is 15.5 Å². The van der Waals surface area contributed by atoms with Gasteiger partial charge in [0.25, 0.3) is 0 Å². The third-order valence-corrected chi connectivity index (χ3v) is 3.87. The molecule has 13 heavy (non-hydrogen) atoms. The van der Waals surface area contributed by atoms with Crippen molar-refractivity contribution >= 4 is 27.0 Å². The molecular weight excluding hydrogens is 208 g/mol. The maximum atomic E-state index is 11.5. The first kappa shape index (κ1) is 8.78. The first-order valence-corrected chi connectivity index (χ1v) is 5.66. The lowest BCUT2D eigenvalue weighted by Gasteiger charge is -1.99. The fraction of sp³-hybridized carbons (Fsp3) is 0.111. The highest BCUT2D eigenvalue weighted by Gasteiger charge is 2.24. The lowest BCUT2D eigenvalue weighted by Crippen LogP contribution is -1.92. The number of allylic oxidation sites excluding steroid dienone is 1. The van der Waals surface area contributed by atoms with Crippen molar-refractivity contribution in [2.75, 3.05) is 0 Å². The summed E-state index contributed by atoms with van der Waals surface area (Å²) in [5, 5.41) is 1.83. The Morgan fingerprint density at radius 2 is 2.00 bits per heavy atom. The molecule has 68 valence electrons. The van der Waals surface area contributed by atoms with Gasteiger partial charge in [-0.3, -0.25) is 0 Å². The lowest BCUT2D eigenvalue weighted by atomic mass is 10.1. The van der Waals surface area contributed by atoms with Crippen LogP contribution in [0.3, 0.4) is 0 Å². The molecule has 1 aromatic carbocycles. The Kier molecular flexibility index (Phi) is 1.75. The van der Waals surface area contributed by atoms with E-state index in [2.05, 4.69) is 0 Å². The van der Waals surface area contributed by atoms with E-state index in [9.17, 15) is 8.42 Å². The van der Waals surface area contributed by atoms with E-state index in [0.717, 1.165) is 5.57 Å². The monoisotopic (exact) mass is 214 g/mol. The molecule has 0 aromatic heterocycles. The maximum Gasteiger partial charge on any atom is 0.200 e. The number of sulfone groups is 1. The minimum absolute atomic E-state index is 0.356. The highest BCUT2D eigenvalue weighted by atomic mass is 35.5. The Balaban J connectivity index is 2.82. The lowest BCUT2D eigenvalue weighted by molar-refractivity contribution is 0.605. The van der Waals surface area contributed by atoms with E-state index in [1.54, 1.807) is 25.1 Å². The Bertz CT molecular complexity index is 500. The number of hydrogen-bond acceptors (Lipinski definition) is 2. The van der Waals surface area contributed by atoms with Crippen molar-refractivity contribution < 1.29 is 8.42 Å². The van der Waals surface area contributed by atoms with Gasteiger partial charge in [0.05, 0.1) is 4.90 Å². The summed E-state index contributed by atoms with van der Waals surface area (Å²) in [6, 6.07) is 4.80. The zero-order valence-corrected chi connectivity index (χ0v) is 8.48. The molecule has 2 rings (SSSR count). The number of hydrogen-bond donors (Lipinski definition) is 0. The second-order valence-electron chi connectivity index (χ2n) is 2.99. The zero-order chi connectivity index (χ0) is 9.64. The van der Waals surface area contributed by atoms with E-state index in [1.807, 2.05) is 0 Å². The minimum atomic E-state index is -3.19. The molecule has 0 spiro atoms. The van der Waals surface area contributed by atoms with Crippen LogP contribution in [0.4, 0.5) is 0 Å². The van der Waals surface area contributed by atoms with Crippen molar-refractivity contribution in [1.29, 1.82) is 0 Å². The second-order valence-corrected chi connectivity index (χ2v) is 5.19. The van der Waals surface area contributed by atoms with Crippen molar-refractivity contribution in [3.05, 3.63) is 34.2 Å². The molecule has 1 heterocycles. The summed E-state index contributed by atoms with van der Waals surface area (Å²) in [6.07, 6.45) is 0. The van der Waals surface area contributed by atoms with Crippen LogP contribution in [0.15, 0.2) is 28.5 Å². The Hall–Kier alpha value is -0.800. The molecule has 0 aliphatic carbocycles. The van der Waals surface area contributed by atoms with E-state index < -0.39 is 9.84 Å². The summed E-state index contributed by atoms with van der Waals surface area (Å²) in [5.41, 5.74) is 1.46. The van der Waals surface area contributed by atoms with Gasteiger partial charge in [0.1, 0.15) is 0 Å². The average molecular weight is 215 g/mol. The molecule has 0 radical (unpaired) electrons. The second kappa shape index (κ2) is 2.59. The van der Waals surface area contributed by atoms with Crippen molar-refractivity contribution in [1.82, 2.24) is 0 Å². The Labute approximate surface area is 81.8 Å². The van der Waals surface area contributed by atoms with Gasteiger partial charge in [-0.25, -0.2) is 8.42 Å². The summed E-state index contributed by atoms with van der Waals surface area (Å²) in [6.45, 7) is 1.76. The van der Waals surface area contributed by atoms with Crippen LogP contribution in [0.5, 0.6) is 0 Å². The van der Waals surface area contributed by atoms with Gasteiger partial charge >= 0.3 is 0 Å². The van der Waals surface area contributed by atoms with Crippen LogP contribution in [-0.4, -0.2) is 8.42 Å². The Morgan fingerprint density at radius 3 is 2.69 bits per heavy atom. The standard InChI is InChI=1S/C9H7ClO2S/c1-6-5-13(11,12)9-3-2-7(10)4-8(6)9/h2-5H,1H3. The number of rotatable bonds is 0. The molecule has 0 N–H and O–H groups in total. The van der Waals surface area contributed by atoms with Crippen LogP contribution >= 0.6 is 11.6 Å². The fourth-order valence-electron chi connectivity index (χ4n) is 1.42. The molecule has 0 unspecified atom stereocenters. The molecule has 0 saturated heterocycles. The normalized spacial score (nSPS) is 18.2. The SMILES string of the molecule is CC1=CS(=O)(=O)c2ccc(Cl)cc21. The van der Waals surface area contributed by atoms with Gasteiger partial charge in [-0.05, 0) is 36.3 Å². The largest absolute Gasteiger partial charge is 0.219 e. The van der Waals surface area contributed by atoms with Crippen LogP contribution in [0, 0.1) is 0 Å². The summed E-state index contributed by atoms with van der Waals surface area (Å²) >= 11 is 5.76. The average Bonchev–Trinajstić information content (AvgIpc) is 2.22. The van der Waals surface area contributed by atoms with E-state index in [-0.39, 0.29) is 0 Å². The molecule has 0 saturated carbocycles. The molecule has 1 aromatic rings. The summed E-state index contributed by atoms with van der Waals surface area (Å²) in [5.74, 6) is 0. The molecule has 0 amide bonds. The predicted octanol–water partition coefficient (Wildman–Crippen LogP) is 2.49. The third-order valence-electron chi connectivity index (χ3n) is 2.00. The van der Waals surface area contributed by atoms with Gasteiger partial charge < -0.3 is 0 Å². The van der Waals surface area contributed by atoms with Gasteiger partial charge in [0.2, 0.25) is 9.84 Å². The van der Waals surface area contributed by atoms with Crippen LogP contribution in [0.25, 0.3) is 5.57 Å². The third kappa shape index (κ3) is 1.28. The molecular formula is C9H7ClO2S. The molecule has 0 atom stereocenters. The minimum Gasteiger partial charge on any atom is -0.219 e. The van der Waals surface area contributed by atoms with Gasteiger partial charge in [0.15, 0.2) is 0 Å². The van der Waals surface area contributed by atoms with Crippen LogP contribution in [-0.2, 0) is 9.84 Å². The molecule has 2 nitrogen and oxygen atoms in total. The summed E-state index contributed by atoms with van der Waals surface area (Å²) < 4.78 is 22.9. The van der Waals surface area contributed by atoms with Crippen molar-refractivity contribution in [3.63, 3.8) is 0 Å². The van der Waals surface area contributed by atoms with Crippen molar-refractivity contribution in [2.45, 2.75) is 11.8 Å². The van der Waals surface area contributed by atoms with Gasteiger partial charge in [-0.1, -0.05) is 11.6 Å². The highest BCUT2D eigenvalue weighted by Crippen LogP contribution is 2.34. The van der Waals surface area contributed by atoms with Crippen LogP contribution < -0.4 is 0 Å². The Morgan fingerprint density at radius 1 is 1.31 bits per heavy atom. The topological polar surface area (TPSA) is 34.1 Å². The first-order valence-electron chi connectivity index (χ1n) is 3.74. The molecule has 0 bridgehead atoms. The van der Waals surface area contributed by atoms with Crippen LogP contribution in [0.2, 0.25) is 5.02 Å². The first-order chi connectivity index (χ1) is 6.00. The highest BCUT2D eigenvalue weighted by molar-refractivity contribution is 7.95. The molecule has 0 fully saturated rings. The van der Waals surface area contributed by atoms with E-state index >= 15 is 0 Å². The van der Waals surface area contributed by atoms with E-state index in [4.69, 9.17) is 11.6 Å². The summed E-state index contributed by atoms with van der Waals surface area (Å²) in [7, 11) is -3.19. The maximum absolute atomic E-state index is 11.5. The molecule has 4 heteroatoms. The van der Waals surface area contributed by atoms with Gasteiger partial charge in [-0.15, -0.1) is 0 Å². The van der Waals surface area contributed by atoms with Crippen LogP contribution in [0.1, 0.15) is 12.5 Å². The predicted molar refractivity (Wildman–Crippen MR) is 52.3 cm³/mol. The van der Waals surface area contributed by atoms with Crippen molar-refractivity contribution in [2.24, 2.45) is 0 Å². The fourth-order valence-corrected chi connectivity index (χ4v) is 3.09. The number of benzene rings is 1. The van der Waals surface area contributed by atoms with E-state index in [1.165, 1.54) is 5.41 Å². The molecule has 1 aliphatic heterocycles. The number of halogens is 1. The van der Waals surface area contributed by atoms with Crippen molar-refractivity contribution in [3.8, 4) is 0 Å². The quantitative estimate of drug-likeness (QED) is 0.665. The smallest absolute Gasteiger partial charge is 0.200 e. The molecule has 1 aliphatic rings. The van der Waals surface area contributed by atoms with Gasteiger partial charge in [0, 0.05) is 10.4 Å². The van der Waals surface area contributed by atoms with Gasteiger partial charge in [-0.2, -0.15) is 0 Å².